The van der Waals surface area contributed by atoms with Crippen LogP contribution in [0.5, 0.6) is 0 Å². The molecule has 6 aromatic rings. The van der Waals surface area contributed by atoms with Gasteiger partial charge in [0.15, 0.2) is 5.78 Å². The third kappa shape index (κ3) is 3.73. The maximum absolute atomic E-state index is 14.0. The fourth-order valence-corrected chi connectivity index (χ4v) is 8.69. The van der Waals surface area contributed by atoms with Crippen LogP contribution in [0.15, 0.2) is 133 Å². The summed E-state index contributed by atoms with van der Waals surface area (Å²) in [6.45, 7) is -2.35. The lowest BCUT2D eigenvalue weighted by molar-refractivity contribution is 0.107. The Morgan fingerprint density at radius 2 is 1.03 bits per heavy atom. The Bertz CT molecular complexity index is 1600. The molecule has 0 unspecified atom stereocenters. The molecule has 0 saturated carbocycles. The van der Waals surface area contributed by atoms with Gasteiger partial charge in [0, 0.05) is 27.4 Å². The Labute approximate surface area is 204 Å². The number of hydrogen-bond acceptors (Lipinski definition) is 1. The molecular formula is C32H24NOP. The minimum atomic E-state index is -2.35. The summed E-state index contributed by atoms with van der Waals surface area (Å²) < 4.78 is 0. The van der Waals surface area contributed by atoms with Gasteiger partial charge in [0.25, 0.3) is 0 Å². The summed E-state index contributed by atoms with van der Waals surface area (Å²) >= 11 is 0. The van der Waals surface area contributed by atoms with Crippen molar-refractivity contribution in [2.45, 2.75) is 0 Å². The largest absolute Gasteiger partial charge is 0.354 e. The molecule has 2 nitrogen and oxygen atoms in total. The summed E-state index contributed by atoms with van der Waals surface area (Å²) in [6.07, 6.45) is 0. The lowest BCUT2D eigenvalue weighted by atomic mass is 10.1. The molecule has 1 aromatic heterocycles. The van der Waals surface area contributed by atoms with Gasteiger partial charge in [0.05, 0.1) is 0 Å². The highest BCUT2D eigenvalue weighted by atomic mass is 31.2. The standard InChI is InChI=1S/C32H24NOP/c34-32(24-20-21-29-28-18-10-11-19-30(28)33-31(29)22-24)23-35(25-12-4-1-5-13-25,26-14-6-2-7-15-26)27-16-8-3-9-17-27/h1-23,33H. The number of ketones is 1. The molecule has 5 aromatic carbocycles. The highest BCUT2D eigenvalue weighted by Gasteiger charge is 2.26. The van der Waals surface area contributed by atoms with E-state index in [2.05, 4.69) is 96.0 Å². The molecule has 0 aliphatic carbocycles. The van der Waals surface area contributed by atoms with Crippen molar-refractivity contribution in [1.82, 2.24) is 4.98 Å². The van der Waals surface area contributed by atoms with Gasteiger partial charge in [-0.05, 0) is 40.7 Å². The zero-order valence-electron chi connectivity index (χ0n) is 19.1. The summed E-state index contributed by atoms with van der Waals surface area (Å²) in [5.74, 6) is 2.03. The molecule has 0 spiro atoms. The van der Waals surface area contributed by atoms with Crippen LogP contribution in [0.4, 0.5) is 0 Å². The van der Waals surface area contributed by atoms with Gasteiger partial charge < -0.3 is 4.98 Å². The Kier molecular flexibility index (Phi) is 5.45. The van der Waals surface area contributed by atoms with Gasteiger partial charge in [-0.3, -0.25) is 4.79 Å². The number of aromatic nitrogens is 1. The molecule has 0 radical (unpaired) electrons. The monoisotopic (exact) mass is 469 g/mol. The SMILES string of the molecule is O=C(C=P(c1ccccc1)(c1ccccc1)c1ccccc1)c1ccc2c(c1)[nH]c1ccccc12. The van der Waals surface area contributed by atoms with Crippen molar-refractivity contribution < 1.29 is 4.79 Å². The Hall–Kier alpha value is -4.13. The minimum Gasteiger partial charge on any atom is -0.354 e. The van der Waals surface area contributed by atoms with Crippen molar-refractivity contribution >= 4 is 56.2 Å². The first-order valence-corrected chi connectivity index (χ1v) is 13.6. The number of carbonyl (C=O) groups is 1. The predicted octanol–water partition coefficient (Wildman–Crippen LogP) is 6.30. The second kappa shape index (κ2) is 8.91. The van der Waals surface area contributed by atoms with Crippen LogP contribution >= 0.6 is 6.89 Å². The fourth-order valence-electron chi connectivity index (χ4n) is 4.92. The van der Waals surface area contributed by atoms with Crippen LogP contribution in [-0.4, -0.2) is 16.6 Å². The van der Waals surface area contributed by atoms with E-state index in [4.69, 9.17) is 0 Å². The van der Waals surface area contributed by atoms with Crippen LogP contribution in [0.25, 0.3) is 21.8 Å². The molecule has 1 N–H and O–H groups in total. The number of rotatable bonds is 5. The Balaban J connectivity index is 1.61. The van der Waals surface area contributed by atoms with E-state index in [-0.39, 0.29) is 5.78 Å². The molecule has 35 heavy (non-hydrogen) atoms. The molecule has 0 saturated heterocycles. The minimum absolute atomic E-state index is 0.0375. The summed E-state index contributed by atoms with van der Waals surface area (Å²) in [5.41, 5.74) is 2.75. The lowest BCUT2D eigenvalue weighted by Gasteiger charge is -2.28. The summed E-state index contributed by atoms with van der Waals surface area (Å²) in [7, 11) is 0. The number of aromatic amines is 1. The highest BCUT2D eigenvalue weighted by molar-refractivity contribution is 7.95. The van der Waals surface area contributed by atoms with Crippen LogP contribution in [0.1, 0.15) is 10.4 Å². The van der Waals surface area contributed by atoms with Crippen molar-refractivity contribution in [3.8, 4) is 0 Å². The molecule has 0 aliphatic rings. The number of hydrogen-bond donors (Lipinski definition) is 1. The summed E-state index contributed by atoms with van der Waals surface area (Å²) in [5, 5.41) is 5.80. The number of Topliss-reactive ketones (excluding diaryl/α,β-unsaturated/α-hetero) is 1. The van der Waals surface area contributed by atoms with Gasteiger partial charge in [-0.25, -0.2) is 0 Å². The molecule has 1 heterocycles. The van der Waals surface area contributed by atoms with Crippen molar-refractivity contribution in [2.24, 2.45) is 0 Å². The summed E-state index contributed by atoms with van der Waals surface area (Å²) in [4.78, 5) is 17.5. The van der Waals surface area contributed by atoms with E-state index in [0.29, 0.717) is 5.56 Å². The summed E-state index contributed by atoms with van der Waals surface area (Å²) in [6, 6.07) is 45.6. The fraction of sp³-hybridized carbons (Fsp3) is 0. The van der Waals surface area contributed by atoms with E-state index >= 15 is 0 Å². The first-order chi connectivity index (χ1) is 17.3. The van der Waals surface area contributed by atoms with Gasteiger partial charge in [-0.15, -0.1) is 0 Å². The maximum atomic E-state index is 14.0. The zero-order valence-corrected chi connectivity index (χ0v) is 20.0. The second-order valence-electron chi connectivity index (χ2n) is 8.65. The Morgan fingerprint density at radius 3 is 1.60 bits per heavy atom. The molecule has 3 heteroatoms. The number of H-pyrrole nitrogens is 1. The average molecular weight is 470 g/mol. The van der Waals surface area contributed by atoms with Crippen molar-refractivity contribution in [2.75, 3.05) is 0 Å². The van der Waals surface area contributed by atoms with Crippen LogP contribution in [0.2, 0.25) is 0 Å². The molecular weight excluding hydrogens is 445 g/mol. The van der Waals surface area contributed by atoms with E-state index in [1.165, 1.54) is 5.39 Å². The molecule has 168 valence electrons. The number of carbonyl (C=O) groups excluding carboxylic acids is 1. The molecule has 0 aliphatic heterocycles. The van der Waals surface area contributed by atoms with Crippen molar-refractivity contribution in [1.29, 1.82) is 0 Å². The normalized spacial score (nSPS) is 11.5. The maximum Gasteiger partial charge on any atom is 0.186 e. The third-order valence-electron chi connectivity index (χ3n) is 6.59. The smallest absolute Gasteiger partial charge is 0.186 e. The van der Waals surface area contributed by atoms with E-state index in [9.17, 15) is 4.79 Å². The van der Waals surface area contributed by atoms with Crippen LogP contribution in [-0.2, 0) is 0 Å². The first kappa shape index (κ1) is 21.4. The van der Waals surface area contributed by atoms with Gasteiger partial charge in [0.2, 0.25) is 0 Å². The Morgan fingerprint density at radius 1 is 0.543 bits per heavy atom. The van der Waals surface area contributed by atoms with Crippen molar-refractivity contribution in [3.05, 3.63) is 139 Å². The first-order valence-electron chi connectivity index (χ1n) is 11.7. The van der Waals surface area contributed by atoms with Crippen LogP contribution < -0.4 is 15.9 Å². The molecule has 0 bridgehead atoms. The van der Waals surface area contributed by atoms with Crippen LogP contribution in [0, 0.1) is 0 Å². The highest BCUT2D eigenvalue weighted by Crippen LogP contribution is 2.44. The lowest BCUT2D eigenvalue weighted by Crippen LogP contribution is -2.28. The molecule has 0 atom stereocenters. The average Bonchev–Trinajstić information content (AvgIpc) is 3.31. The van der Waals surface area contributed by atoms with Gasteiger partial charge in [-0.2, -0.15) is 0 Å². The molecule has 6 rings (SSSR count). The number of benzene rings is 5. The molecule has 0 amide bonds. The van der Waals surface area contributed by atoms with Crippen LogP contribution in [0.3, 0.4) is 0 Å². The van der Waals surface area contributed by atoms with Gasteiger partial charge in [0.1, 0.15) is 0 Å². The second-order valence-corrected chi connectivity index (χ2v) is 11.9. The number of fused-ring (bicyclic) bond motifs is 3. The number of para-hydroxylation sites is 1. The van der Waals surface area contributed by atoms with E-state index in [1.54, 1.807) is 0 Å². The van der Waals surface area contributed by atoms with E-state index < -0.39 is 6.89 Å². The van der Waals surface area contributed by atoms with Gasteiger partial charge >= 0.3 is 0 Å². The van der Waals surface area contributed by atoms with Crippen molar-refractivity contribution in [3.63, 3.8) is 0 Å². The zero-order chi connectivity index (χ0) is 23.7. The predicted molar refractivity (Wildman–Crippen MR) is 151 cm³/mol. The molecule has 0 fully saturated rings. The third-order valence-corrected chi connectivity index (χ3v) is 10.6. The van der Waals surface area contributed by atoms with E-state index in [1.807, 2.05) is 48.3 Å². The topological polar surface area (TPSA) is 32.9 Å². The van der Waals surface area contributed by atoms with E-state index in [0.717, 1.165) is 32.3 Å². The number of nitrogens with one attached hydrogen (secondary N) is 1. The van der Waals surface area contributed by atoms with Gasteiger partial charge in [-0.1, -0.05) is 121 Å². The quantitative estimate of drug-likeness (QED) is 0.233.